The molecule has 2 aliphatic carbocycles. The number of hydrogen-bond donors (Lipinski definition) is 0. The van der Waals surface area contributed by atoms with Crippen molar-refractivity contribution in [3.05, 3.63) is 162 Å². The van der Waals surface area contributed by atoms with E-state index < -0.39 is 46.0 Å². The molecular formula is C53H62O7Si2. The van der Waals surface area contributed by atoms with Crippen LogP contribution in [0.4, 0.5) is 0 Å². The number of rotatable bonds is 14. The molecule has 1 saturated heterocycles. The third-order valence-electron chi connectivity index (χ3n) is 13.0. The zero-order valence-electron chi connectivity index (χ0n) is 37.9. The summed E-state index contributed by atoms with van der Waals surface area (Å²) in [7, 11) is -4.68. The zero-order chi connectivity index (χ0) is 44.1. The van der Waals surface area contributed by atoms with Crippen molar-refractivity contribution < 1.29 is 32.6 Å². The van der Waals surface area contributed by atoms with Crippen molar-refractivity contribution in [2.24, 2.45) is 5.41 Å². The van der Waals surface area contributed by atoms with Crippen LogP contribution >= 0.6 is 0 Å². The molecule has 0 bridgehead atoms. The number of hydrogen-bond acceptors (Lipinski definition) is 7. The first-order chi connectivity index (χ1) is 29.5. The number of fused-ring (bicyclic) bond motifs is 3. The Kier molecular flexibility index (Phi) is 11.8. The van der Waals surface area contributed by atoms with Gasteiger partial charge < -0.3 is 27.8 Å². The molecule has 62 heavy (non-hydrogen) atoms. The molecule has 3 aliphatic rings. The van der Waals surface area contributed by atoms with Crippen LogP contribution in [0.3, 0.4) is 0 Å². The molecule has 0 saturated carbocycles. The molecule has 7 nitrogen and oxygen atoms in total. The molecule has 0 radical (unpaired) electrons. The van der Waals surface area contributed by atoms with E-state index in [9.17, 15) is 4.79 Å². The number of epoxide rings is 1. The van der Waals surface area contributed by atoms with Gasteiger partial charge in [0.2, 0.25) is 0 Å². The van der Waals surface area contributed by atoms with E-state index in [1.807, 2.05) is 20.8 Å². The Balaban J connectivity index is 1.32. The summed E-state index contributed by atoms with van der Waals surface area (Å²) in [5.41, 5.74) is 2.71. The molecular weight excluding hydrogens is 805 g/mol. The van der Waals surface area contributed by atoms with Gasteiger partial charge in [-0.15, -0.1) is 0 Å². The molecule has 0 aromatic heterocycles. The van der Waals surface area contributed by atoms with Crippen LogP contribution in [-0.2, 0) is 32.6 Å². The van der Waals surface area contributed by atoms with Gasteiger partial charge in [-0.3, -0.25) is 4.79 Å². The molecule has 5 aromatic carbocycles. The Bertz CT molecular complexity index is 2300. The van der Waals surface area contributed by atoms with Crippen LogP contribution in [0.2, 0.25) is 10.1 Å². The number of benzene rings is 5. The highest BCUT2D eigenvalue weighted by atomic mass is 28.4. The molecule has 1 spiro atoms. The fourth-order valence-corrected chi connectivity index (χ4v) is 19.3. The van der Waals surface area contributed by atoms with E-state index in [0.717, 1.165) is 22.3 Å². The Morgan fingerprint density at radius 3 is 1.56 bits per heavy atom. The van der Waals surface area contributed by atoms with E-state index in [1.54, 1.807) is 7.11 Å². The fraction of sp³-hybridized carbons (Fsp3) is 0.377. The average molecular weight is 867 g/mol. The van der Waals surface area contributed by atoms with Gasteiger partial charge in [0.1, 0.15) is 31.7 Å². The fourth-order valence-electron chi connectivity index (χ4n) is 9.98. The largest absolute Gasteiger partial charge is 0.462 e. The lowest BCUT2D eigenvalue weighted by Gasteiger charge is -2.48. The highest BCUT2D eigenvalue weighted by molar-refractivity contribution is 7.00. The predicted octanol–water partition coefficient (Wildman–Crippen LogP) is 9.05. The minimum Gasteiger partial charge on any atom is -0.462 e. The van der Waals surface area contributed by atoms with E-state index >= 15 is 0 Å². The molecule has 0 N–H and O–H groups in total. The summed E-state index contributed by atoms with van der Waals surface area (Å²) in [5.74, 6) is -0.289. The molecule has 0 unspecified atom stereocenters. The summed E-state index contributed by atoms with van der Waals surface area (Å²) in [5, 5.41) is 4.23. The zero-order valence-corrected chi connectivity index (χ0v) is 39.9. The van der Waals surface area contributed by atoms with E-state index in [4.69, 9.17) is 27.8 Å². The van der Waals surface area contributed by atoms with Crippen LogP contribution in [0.1, 0.15) is 91.2 Å². The van der Waals surface area contributed by atoms with Gasteiger partial charge in [-0.1, -0.05) is 175 Å². The first-order valence-corrected chi connectivity index (χ1v) is 25.7. The number of carbonyl (C=O) groups is 1. The summed E-state index contributed by atoms with van der Waals surface area (Å²) in [4.78, 5) is 13.0. The van der Waals surface area contributed by atoms with E-state index in [1.165, 1.54) is 20.7 Å². The highest BCUT2D eigenvalue weighted by Gasteiger charge is 2.76. The SMILES string of the molecule is COCO[C@H](COC(=O)C(C)(C)C)c1ccc2c(c1)C1=C[C@H](O[Si](c3ccccc3)(c3ccccc3)C(C)(C)C)[C@@H](O[Si](c3ccccc3)(c3ccccc3)C(C)(C)C)[C@@]13O[C@@H]23. The highest BCUT2D eigenvalue weighted by Crippen LogP contribution is 2.70. The summed E-state index contributed by atoms with van der Waals surface area (Å²) >= 11 is 0. The van der Waals surface area contributed by atoms with Crippen LogP contribution in [0.15, 0.2) is 146 Å². The predicted molar refractivity (Wildman–Crippen MR) is 252 cm³/mol. The lowest BCUT2D eigenvalue weighted by molar-refractivity contribution is -0.161. The molecule has 1 aliphatic heterocycles. The van der Waals surface area contributed by atoms with Crippen LogP contribution in [-0.4, -0.2) is 60.9 Å². The van der Waals surface area contributed by atoms with Crippen molar-refractivity contribution in [1.82, 2.24) is 0 Å². The lowest BCUT2D eigenvalue weighted by Crippen LogP contribution is -2.71. The molecule has 324 valence electrons. The van der Waals surface area contributed by atoms with Gasteiger partial charge >= 0.3 is 5.97 Å². The number of ether oxygens (including phenoxy) is 4. The Labute approximate surface area is 370 Å². The third-order valence-corrected chi connectivity index (χ3v) is 23.0. The first-order valence-electron chi connectivity index (χ1n) is 21.9. The van der Waals surface area contributed by atoms with Gasteiger partial charge in [0, 0.05) is 7.11 Å². The topological polar surface area (TPSA) is 75.8 Å². The number of methoxy groups -OCH3 is 1. The normalized spacial score (nSPS) is 21.4. The van der Waals surface area contributed by atoms with Crippen LogP contribution in [0, 0.1) is 5.41 Å². The maximum Gasteiger partial charge on any atom is 0.311 e. The van der Waals surface area contributed by atoms with Crippen molar-refractivity contribution in [3.63, 3.8) is 0 Å². The molecule has 8 rings (SSSR count). The minimum atomic E-state index is -3.16. The number of carbonyl (C=O) groups excluding carboxylic acids is 1. The van der Waals surface area contributed by atoms with E-state index in [-0.39, 0.29) is 35.5 Å². The Morgan fingerprint density at radius 2 is 1.13 bits per heavy atom. The van der Waals surface area contributed by atoms with Gasteiger partial charge in [0.25, 0.3) is 16.6 Å². The second-order valence-electron chi connectivity index (χ2n) is 20.1. The Morgan fingerprint density at radius 1 is 0.661 bits per heavy atom. The molecule has 5 atom stereocenters. The summed E-state index contributed by atoms with van der Waals surface area (Å²) in [6.45, 7) is 19.6. The van der Waals surface area contributed by atoms with E-state index in [0.29, 0.717) is 0 Å². The third kappa shape index (κ3) is 7.49. The molecule has 1 heterocycles. The Hall–Kier alpha value is -4.46. The number of esters is 1. The van der Waals surface area contributed by atoms with Crippen molar-refractivity contribution in [1.29, 1.82) is 0 Å². The smallest absolute Gasteiger partial charge is 0.311 e. The summed E-state index contributed by atoms with van der Waals surface area (Å²) in [6.07, 6.45) is 0.566. The molecule has 1 fully saturated rings. The van der Waals surface area contributed by atoms with Crippen LogP contribution < -0.4 is 20.7 Å². The van der Waals surface area contributed by atoms with Crippen LogP contribution in [0.5, 0.6) is 0 Å². The standard InChI is InChI=1S/C53H62O7Si2/c1-50(2,3)49(54)56-35-46(57-36-55-10)37-31-32-42-43(33-37)44-34-45(59-61(51(4,5)6,38-23-15-11-16-24-38)39-25-17-12-18-26-39)48(53(44)47(42)58-53)60-62(52(7,8)9,40-27-19-13-20-28-40)41-29-21-14-22-30-41/h11-34,45-48H,35-36H2,1-10H3/t45-,46+,47-,48+,53+/m0/s1. The van der Waals surface area contributed by atoms with Crippen molar-refractivity contribution in [2.45, 2.75) is 102 Å². The van der Waals surface area contributed by atoms with Crippen molar-refractivity contribution in [2.75, 3.05) is 20.5 Å². The minimum absolute atomic E-state index is 0.0516. The summed E-state index contributed by atoms with van der Waals surface area (Å²) < 4.78 is 40.9. The van der Waals surface area contributed by atoms with Gasteiger partial charge in [-0.05, 0) is 86.0 Å². The van der Waals surface area contributed by atoms with E-state index in [2.05, 4.69) is 187 Å². The molecule has 5 aromatic rings. The quantitative estimate of drug-likeness (QED) is 0.0478. The van der Waals surface area contributed by atoms with Gasteiger partial charge in [-0.2, -0.15) is 0 Å². The second-order valence-corrected chi connectivity index (χ2v) is 28.6. The monoisotopic (exact) mass is 866 g/mol. The van der Waals surface area contributed by atoms with Crippen molar-refractivity contribution in [3.8, 4) is 0 Å². The van der Waals surface area contributed by atoms with Crippen LogP contribution in [0.25, 0.3) is 5.57 Å². The average Bonchev–Trinajstić information content (AvgIpc) is 3.83. The molecule has 0 amide bonds. The maximum atomic E-state index is 13.0. The first kappa shape index (κ1) is 44.2. The maximum absolute atomic E-state index is 13.0. The summed E-state index contributed by atoms with van der Waals surface area (Å²) in [6, 6.07) is 49.7. The second kappa shape index (κ2) is 16.6. The van der Waals surface area contributed by atoms with Gasteiger partial charge in [0.05, 0.1) is 11.5 Å². The molecule has 9 heteroatoms. The van der Waals surface area contributed by atoms with Gasteiger partial charge in [0.15, 0.2) is 5.60 Å². The van der Waals surface area contributed by atoms with Crippen molar-refractivity contribution >= 4 is 48.9 Å². The van der Waals surface area contributed by atoms with Gasteiger partial charge in [-0.25, -0.2) is 0 Å². The lowest BCUT2D eigenvalue weighted by atomic mass is 9.97.